The first-order valence-electron chi connectivity index (χ1n) is 3.65. The fourth-order valence-electron chi connectivity index (χ4n) is 0.662. The summed E-state index contributed by atoms with van der Waals surface area (Å²) in [7, 11) is 0. The average molecular weight is 163 g/mol. The molecule has 1 nitrogen and oxygen atoms in total. The maximum atomic E-state index is 11.4. The van der Waals surface area contributed by atoms with Crippen molar-refractivity contribution < 1.29 is 13.5 Å². The fourth-order valence-corrected chi connectivity index (χ4v) is 0.662. The van der Waals surface area contributed by atoms with E-state index in [1.165, 1.54) is 0 Å². The second-order valence-corrected chi connectivity index (χ2v) is 2.10. The van der Waals surface area contributed by atoms with E-state index in [1.807, 2.05) is 0 Å². The van der Waals surface area contributed by atoms with E-state index in [1.54, 1.807) is 0 Å². The van der Waals surface area contributed by atoms with E-state index in [-0.39, 0.29) is 0 Å². The van der Waals surface area contributed by atoms with Crippen LogP contribution in [0.25, 0.3) is 0 Å². The highest BCUT2D eigenvalue weighted by Crippen LogP contribution is 2.03. The smallest absolute Gasteiger partial charge is 0.266 e. The molecular weight excluding hydrogens is 150 g/mol. The van der Waals surface area contributed by atoms with Crippen molar-refractivity contribution in [2.75, 3.05) is 13.2 Å². The Labute approximate surface area is 66.0 Å². The van der Waals surface area contributed by atoms with E-state index in [2.05, 4.69) is 6.92 Å². The summed E-state index contributed by atoms with van der Waals surface area (Å²) in [5.74, 6) is 0. The minimum atomic E-state index is -1.59. The summed E-state index contributed by atoms with van der Waals surface area (Å²) >= 11 is 0. The van der Waals surface area contributed by atoms with Gasteiger partial charge in [-0.25, -0.2) is 0 Å². The summed E-state index contributed by atoms with van der Waals surface area (Å²) in [4.78, 5) is 0. The van der Waals surface area contributed by atoms with Gasteiger partial charge in [0.05, 0.1) is 0 Å². The van der Waals surface area contributed by atoms with Crippen LogP contribution in [0.4, 0.5) is 8.78 Å². The van der Waals surface area contributed by atoms with Gasteiger partial charge in [-0.2, -0.15) is 8.78 Å². The summed E-state index contributed by atoms with van der Waals surface area (Å²) in [6.45, 7) is 4.55. The Balaban J connectivity index is 2.97. The van der Waals surface area contributed by atoms with Crippen LogP contribution in [-0.2, 0) is 4.74 Å². The van der Waals surface area contributed by atoms with Crippen LogP contribution in [0.15, 0.2) is 12.2 Å². The third-order valence-corrected chi connectivity index (χ3v) is 1.19. The van der Waals surface area contributed by atoms with E-state index in [9.17, 15) is 8.78 Å². The molecule has 0 heterocycles. The van der Waals surface area contributed by atoms with E-state index in [0.717, 1.165) is 18.9 Å². The van der Waals surface area contributed by atoms with Crippen LogP contribution < -0.4 is 0 Å². The van der Waals surface area contributed by atoms with Crippen molar-refractivity contribution >= 4 is 0 Å². The molecule has 0 amide bonds. The van der Waals surface area contributed by atoms with Gasteiger partial charge in [0.25, 0.3) is 6.08 Å². The monoisotopic (exact) mass is 163 g/mol. The lowest BCUT2D eigenvalue weighted by Crippen LogP contribution is -1.92. The summed E-state index contributed by atoms with van der Waals surface area (Å²) in [5.41, 5.74) is 0. The molecule has 0 aromatic heterocycles. The van der Waals surface area contributed by atoms with Crippen molar-refractivity contribution in [2.45, 2.75) is 19.3 Å². The Kier molecular flexibility index (Phi) is 7.36. The molecule has 0 aliphatic heterocycles. The summed E-state index contributed by atoms with van der Waals surface area (Å²) in [6, 6.07) is 0. The zero-order valence-corrected chi connectivity index (χ0v) is 6.48. The van der Waals surface area contributed by atoms with Crippen molar-refractivity contribution in [2.24, 2.45) is 0 Å². The van der Waals surface area contributed by atoms with Gasteiger partial charge >= 0.3 is 0 Å². The Morgan fingerprint density at radius 2 is 2.09 bits per heavy atom. The molecule has 0 bridgehead atoms. The Bertz CT molecular complexity index is 109. The Morgan fingerprint density at radius 3 is 2.64 bits per heavy atom. The zero-order chi connectivity index (χ0) is 8.53. The lowest BCUT2D eigenvalue weighted by molar-refractivity contribution is 0.156. The first kappa shape index (κ1) is 10.6. The minimum Gasteiger partial charge on any atom is -0.381 e. The molecule has 0 aliphatic carbocycles. The summed E-state index contributed by atoms with van der Waals surface area (Å²) in [6.07, 6.45) is 1.34. The van der Waals surface area contributed by atoms with Crippen molar-refractivity contribution in [1.82, 2.24) is 0 Å². The van der Waals surface area contributed by atoms with Crippen LogP contribution in [-0.4, -0.2) is 13.2 Å². The molecule has 3 heteroatoms. The first-order chi connectivity index (χ1) is 5.27. The van der Waals surface area contributed by atoms with Gasteiger partial charge in [0.1, 0.15) is 0 Å². The van der Waals surface area contributed by atoms with Gasteiger partial charge in [-0.15, -0.1) is 0 Å². The summed E-state index contributed by atoms with van der Waals surface area (Å²) < 4.78 is 27.8. The van der Waals surface area contributed by atoms with Gasteiger partial charge in [-0.05, 0) is 32.3 Å². The highest BCUT2D eigenvalue weighted by molar-refractivity contribution is 4.79. The third kappa shape index (κ3) is 9.56. The minimum absolute atomic E-state index is 0.433. The lowest BCUT2D eigenvalue weighted by Gasteiger charge is -1.97. The van der Waals surface area contributed by atoms with Crippen LogP contribution in [0.2, 0.25) is 0 Å². The largest absolute Gasteiger partial charge is 0.381 e. The molecule has 0 N–H and O–H groups in total. The van der Waals surface area contributed by atoms with Crippen LogP contribution in [0, 0.1) is 6.92 Å². The number of hydrogen-bond acceptors (Lipinski definition) is 1. The van der Waals surface area contributed by atoms with E-state index in [4.69, 9.17) is 4.74 Å². The quantitative estimate of drug-likeness (QED) is 0.547. The molecule has 0 fully saturated rings. The van der Waals surface area contributed by atoms with Crippen molar-refractivity contribution in [3.8, 4) is 0 Å². The van der Waals surface area contributed by atoms with Crippen molar-refractivity contribution in [3.05, 3.63) is 19.1 Å². The highest BCUT2D eigenvalue weighted by atomic mass is 19.3. The van der Waals surface area contributed by atoms with E-state index in [0.29, 0.717) is 19.6 Å². The van der Waals surface area contributed by atoms with Gasteiger partial charge < -0.3 is 4.74 Å². The molecule has 0 rings (SSSR count). The van der Waals surface area contributed by atoms with Crippen LogP contribution in [0.3, 0.4) is 0 Å². The standard InChI is InChI=1S/C8H13F2O/c1-2-11-7-5-3-4-6-8(9)10/h6H,1-5,7H2. The molecule has 0 atom stereocenters. The predicted octanol–water partition coefficient (Wildman–Crippen LogP) is 2.79. The molecule has 11 heavy (non-hydrogen) atoms. The number of hydrogen-bond donors (Lipinski definition) is 0. The topological polar surface area (TPSA) is 9.23 Å². The molecule has 0 unspecified atom stereocenters. The predicted molar refractivity (Wildman–Crippen MR) is 40.3 cm³/mol. The number of rotatable bonds is 6. The maximum absolute atomic E-state index is 11.4. The molecule has 0 saturated heterocycles. The van der Waals surface area contributed by atoms with Gasteiger partial charge in [0, 0.05) is 13.2 Å². The van der Waals surface area contributed by atoms with E-state index >= 15 is 0 Å². The van der Waals surface area contributed by atoms with Gasteiger partial charge in [0.15, 0.2) is 0 Å². The normalized spacial score (nSPS) is 9.73. The maximum Gasteiger partial charge on any atom is 0.266 e. The molecule has 0 aromatic rings. The molecular formula is C8H13F2O. The fraction of sp³-hybridized carbons (Fsp3) is 0.625. The average Bonchev–Trinajstić information content (AvgIpc) is 1.96. The van der Waals surface area contributed by atoms with Crippen LogP contribution in [0.5, 0.6) is 0 Å². The van der Waals surface area contributed by atoms with Crippen molar-refractivity contribution in [3.63, 3.8) is 0 Å². The molecule has 0 aromatic carbocycles. The highest BCUT2D eigenvalue weighted by Gasteiger charge is 1.89. The molecule has 0 aliphatic rings. The molecule has 0 saturated carbocycles. The molecule has 0 spiro atoms. The van der Waals surface area contributed by atoms with Crippen LogP contribution >= 0.6 is 0 Å². The SMILES string of the molecule is [CH2]COCCCCC=C(F)F. The van der Waals surface area contributed by atoms with Gasteiger partial charge in [-0.3, -0.25) is 0 Å². The second kappa shape index (κ2) is 7.66. The Hall–Kier alpha value is -0.440. The van der Waals surface area contributed by atoms with Crippen LogP contribution in [0.1, 0.15) is 19.3 Å². The number of ether oxygens (including phenoxy) is 1. The third-order valence-electron chi connectivity index (χ3n) is 1.19. The van der Waals surface area contributed by atoms with Gasteiger partial charge in [-0.1, -0.05) is 0 Å². The molecule has 65 valence electrons. The van der Waals surface area contributed by atoms with Crippen molar-refractivity contribution in [1.29, 1.82) is 0 Å². The number of unbranched alkanes of at least 4 members (excludes halogenated alkanes) is 2. The number of halogens is 2. The zero-order valence-electron chi connectivity index (χ0n) is 6.48. The second-order valence-electron chi connectivity index (χ2n) is 2.10. The molecule has 1 radical (unpaired) electrons. The first-order valence-corrected chi connectivity index (χ1v) is 3.65. The van der Waals surface area contributed by atoms with Gasteiger partial charge in [0.2, 0.25) is 0 Å². The van der Waals surface area contributed by atoms with E-state index < -0.39 is 6.08 Å². The Morgan fingerprint density at radius 1 is 1.36 bits per heavy atom. The lowest BCUT2D eigenvalue weighted by atomic mass is 10.2. The summed E-state index contributed by atoms with van der Waals surface area (Å²) in [5, 5.41) is 0. The number of allylic oxidation sites excluding steroid dienone is 1.